The standard InChI is InChI=1S/C20H34N4O3/c1-13-11-21-10-7-15(13)22-16(25)12-24-17(26)20(23-18(24)27)8-5-14(6-9-20)19(2,3)4/h13-15,21H,5-12H2,1-4H3,(H,22,25)(H,23,27). The van der Waals surface area contributed by atoms with Crippen molar-refractivity contribution in [2.75, 3.05) is 19.6 Å². The number of rotatable bonds is 3. The van der Waals surface area contributed by atoms with E-state index in [1.165, 1.54) is 0 Å². The number of nitrogens with one attached hydrogen (secondary N) is 3. The molecule has 3 N–H and O–H groups in total. The van der Waals surface area contributed by atoms with Crippen molar-refractivity contribution in [2.45, 2.75) is 71.4 Å². The predicted molar refractivity (Wildman–Crippen MR) is 103 cm³/mol. The third-order valence-corrected chi connectivity index (χ3v) is 6.74. The molecule has 0 aromatic heterocycles. The molecule has 3 rings (SSSR count). The van der Waals surface area contributed by atoms with Crippen molar-refractivity contribution >= 4 is 17.8 Å². The largest absolute Gasteiger partial charge is 0.351 e. The average molecular weight is 379 g/mol. The summed E-state index contributed by atoms with van der Waals surface area (Å²) in [6.45, 7) is 10.3. The highest BCUT2D eigenvalue weighted by atomic mass is 16.2. The van der Waals surface area contributed by atoms with Crippen LogP contribution in [0.15, 0.2) is 0 Å². The van der Waals surface area contributed by atoms with Crippen LogP contribution in [0.1, 0.15) is 59.8 Å². The minimum absolute atomic E-state index is 0.0932. The van der Waals surface area contributed by atoms with E-state index in [-0.39, 0.29) is 29.8 Å². The summed E-state index contributed by atoms with van der Waals surface area (Å²) in [4.78, 5) is 39.0. The van der Waals surface area contributed by atoms with Crippen LogP contribution in [0.5, 0.6) is 0 Å². The number of hydrogen-bond acceptors (Lipinski definition) is 4. The smallest absolute Gasteiger partial charge is 0.325 e. The van der Waals surface area contributed by atoms with E-state index >= 15 is 0 Å². The summed E-state index contributed by atoms with van der Waals surface area (Å²) >= 11 is 0. The first-order valence-electron chi connectivity index (χ1n) is 10.3. The topological polar surface area (TPSA) is 90.5 Å². The summed E-state index contributed by atoms with van der Waals surface area (Å²) in [6.07, 6.45) is 4.02. The Labute approximate surface area is 162 Å². The molecule has 2 saturated heterocycles. The van der Waals surface area contributed by atoms with Gasteiger partial charge in [-0.3, -0.25) is 14.5 Å². The Balaban J connectivity index is 1.59. The molecule has 7 nitrogen and oxygen atoms in total. The maximum absolute atomic E-state index is 13.0. The van der Waals surface area contributed by atoms with E-state index in [4.69, 9.17) is 0 Å². The summed E-state index contributed by atoms with van der Waals surface area (Å²) in [5.74, 6) is 0.405. The van der Waals surface area contributed by atoms with Crippen LogP contribution in [0.3, 0.4) is 0 Å². The van der Waals surface area contributed by atoms with E-state index in [9.17, 15) is 14.4 Å². The second-order valence-electron chi connectivity index (χ2n) is 9.69. The zero-order valence-corrected chi connectivity index (χ0v) is 17.1. The van der Waals surface area contributed by atoms with E-state index in [1.807, 2.05) is 0 Å². The zero-order chi connectivity index (χ0) is 19.8. The van der Waals surface area contributed by atoms with E-state index in [0.717, 1.165) is 37.3 Å². The van der Waals surface area contributed by atoms with Gasteiger partial charge >= 0.3 is 6.03 Å². The molecule has 1 spiro atoms. The van der Waals surface area contributed by atoms with Gasteiger partial charge in [0.1, 0.15) is 12.1 Å². The Bertz CT molecular complexity index is 605. The molecule has 4 amide bonds. The molecule has 7 heteroatoms. The molecule has 2 atom stereocenters. The van der Waals surface area contributed by atoms with Crippen molar-refractivity contribution in [2.24, 2.45) is 17.3 Å². The lowest BCUT2D eigenvalue weighted by Crippen LogP contribution is -2.52. The maximum atomic E-state index is 13.0. The van der Waals surface area contributed by atoms with Gasteiger partial charge in [-0.1, -0.05) is 27.7 Å². The number of carbonyl (C=O) groups excluding carboxylic acids is 3. The summed E-state index contributed by atoms with van der Waals surface area (Å²) in [7, 11) is 0. The molecule has 27 heavy (non-hydrogen) atoms. The van der Waals surface area contributed by atoms with E-state index < -0.39 is 11.6 Å². The van der Waals surface area contributed by atoms with E-state index in [2.05, 4.69) is 43.6 Å². The number of imide groups is 1. The van der Waals surface area contributed by atoms with Crippen LogP contribution < -0.4 is 16.0 Å². The van der Waals surface area contributed by atoms with Gasteiger partial charge < -0.3 is 16.0 Å². The molecule has 0 bridgehead atoms. The Morgan fingerprint density at radius 2 is 1.89 bits per heavy atom. The molecule has 2 unspecified atom stereocenters. The summed E-state index contributed by atoms with van der Waals surface area (Å²) in [5.41, 5.74) is -0.598. The lowest BCUT2D eigenvalue weighted by molar-refractivity contribution is -0.136. The molecule has 3 aliphatic rings. The van der Waals surface area contributed by atoms with Crippen molar-refractivity contribution in [1.29, 1.82) is 0 Å². The molecule has 1 saturated carbocycles. The van der Waals surface area contributed by atoms with Crippen molar-refractivity contribution < 1.29 is 14.4 Å². The lowest BCUT2D eigenvalue weighted by Gasteiger charge is -2.40. The zero-order valence-electron chi connectivity index (χ0n) is 17.1. The van der Waals surface area contributed by atoms with Crippen LogP contribution in [-0.4, -0.2) is 54.0 Å². The fraction of sp³-hybridized carbons (Fsp3) is 0.850. The summed E-state index contributed by atoms with van der Waals surface area (Å²) in [5, 5.41) is 9.21. The second kappa shape index (κ2) is 7.41. The molecule has 2 aliphatic heterocycles. The van der Waals surface area contributed by atoms with Crippen molar-refractivity contribution in [3.63, 3.8) is 0 Å². The Kier molecular flexibility index (Phi) is 5.52. The first kappa shape index (κ1) is 20.1. The molecule has 152 valence electrons. The molecule has 0 radical (unpaired) electrons. The molecule has 1 aliphatic carbocycles. The van der Waals surface area contributed by atoms with Crippen LogP contribution in [0, 0.1) is 17.3 Å². The lowest BCUT2D eigenvalue weighted by atomic mass is 9.67. The second-order valence-corrected chi connectivity index (χ2v) is 9.69. The maximum Gasteiger partial charge on any atom is 0.325 e. The highest BCUT2D eigenvalue weighted by Crippen LogP contribution is 2.43. The molecule has 0 aromatic carbocycles. The molecule has 3 fully saturated rings. The number of amides is 4. The van der Waals surface area contributed by atoms with Gasteiger partial charge in [0, 0.05) is 6.04 Å². The Hall–Kier alpha value is -1.63. The normalized spacial score (nSPS) is 34.7. The van der Waals surface area contributed by atoms with Gasteiger partial charge in [-0.05, 0) is 62.4 Å². The first-order valence-corrected chi connectivity index (χ1v) is 10.3. The van der Waals surface area contributed by atoms with Crippen LogP contribution in [0.4, 0.5) is 4.79 Å². The van der Waals surface area contributed by atoms with E-state index in [1.54, 1.807) is 0 Å². The van der Waals surface area contributed by atoms with Gasteiger partial charge in [0.05, 0.1) is 0 Å². The fourth-order valence-corrected chi connectivity index (χ4v) is 4.76. The third kappa shape index (κ3) is 4.13. The van der Waals surface area contributed by atoms with Crippen LogP contribution in [-0.2, 0) is 9.59 Å². The molecular weight excluding hydrogens is 344 g/mol. The van der Waals surface area contributed by atoms with E-state index in [0.29, 0.717) is 24.7 Å². The predicted octanol–water partition coefficient (Wildman–Crippen LogP) is 1.63. The van der Waals surface area contributed by atoms with Crippen molar-refractivity contribution in [3.05, 3.63) is 0 Å². The van der Waals surface area contributed by atoms with Crippen molar-refractivity contribution in [1.82, 2.24) is 20.9 Å². The summed E-state index contributed by atoms with van der Waals surface area (Å²) < 4.78 is 0. The molecule has 2 heterocycles. The van der Waals surface area contributed by atoms with Gasteiger partial charge in [-0.25, -0.2) is 4.79 Å². The average Bonchev–Trinajstić information content (AvgIpc) is 2.81. The number of carbonyl (C=O) groups is 3. The SMILES string of the molecule is CC1CNCCC1NC(=O)CN1C(=O)NC2(CCC(C(C)(C)C)CC2)C1=O. The van der Waals surface area contributed by atoms with Crippen LogP contribution >= 0.6 is 0 Å². The minimum atomic E-state index is -0.804. The monoisotopic (exact) mass is 378 g/mol. The highest BCUT2D eigenvalue weighted by molar-refractivity contribution is 6.09. The molecular formula is C20H34N4O3. The summed E-state index contributed by atoms with van der Waals surface area (Å²) in [6, 6.07) is -0.335. The Morgan fingerprint density at radius 1 is 1.22 bits per heavy atom. The van der Waals surface area contributed by atoms with Gasteiger partial charge in [-0.2, -0.15) is 0 Å². The third-order valence-electron chi connectivity index (χ3n) is 6.74. The van der Waals surface area contributed by atoms with Gasteiger partial charge in [0.2, 0.25) is 5.91 Å². The number of piperidine rings is 1. The number of hydrogen-bond donors (Lipinski definition) is 3. The number of nitrogens with zero attached hydrogens (tertiary/aromatic N) is 1. The Morgan fingerprint density at radius 3 is 2.48 bits per heavy atom. The minimum Gasteiger partial charge on any atom is -0.351 e. The van der Waals surface area contributed by atoms with Crippen molar-refractivity contribution in [3.8, 4) is 0 Å². The van der Waals surface area contributed by atoms with Gasteiger partial charge in [0.15, 0.2) is 0 Å². The first-order chi connectivity index (χ1) is 12.6. The van der Waals surface area contributed by atoms with Gasteiger partial charge in [0.25, 0.3) is 5.91 Å². The molecule has 0 aromatic rings. The van der Waals surface area contributed by atoms with Crippen LogP contribution in [0.25, 0.3) is 0 Å². The van der Waals surface area contributed by atoms with Gasteiger partial charge in [-0.15, -0.1) is 0 Å². The fourth-order valence-electron chi connectivity index (χ4n) is 4.76. The quantitative estimate of drug-likeness (QED) is 0.651. The number of urea groups is 1. The highest BCUT2D eigenvalue weighted by Gasteiger charge is 2.53. The van der Waals surface area contributed by atoms with Crippen LogP contribution in [0.2, 0.25) is 0 Å².